The minimum absolute atomic E-state index is 0.340. The number of aryl methyl sites for hydroxylation is 1. The first-order chi connectivity index (χ1) is 9.53. The van der Waals surface area contributed by atoms with Crippen LogP contribution in [0.2, 0.25) is 5.02 Å². The Morgan fingerprint density at radius 2 is 2.30 bits per heavy atom. The van der Waals surface area contributed by atoms with E-state index in [2.05, 4.69) is 21.8 Å². The van der Waals surface area contributed by atoms with Gasteiger partial charge >= 0.3 is 0 Å². The van der Waals surface area contributed by atoms with E-state index < -0.39 is 5.60 Å². The minimum atomic E-state index is -0.508. The van der Waals surface area contributed by atoms with Crippen LogP contribution in [0.1, 0.15) is 38.4 Å². The number of aliphatic hydroxyl groups is 1. The van der Waals surface area contributed by atoms with Gasteiger partial charge in [0.25, 0.3) is 0 Å². The number of fused-ring (bicyclic) bond motifs is 1. The van der Waals surface area contributed by atoms with E-state index in [1.54, 1.807) is 6.20 Å². The van der Waals surface area contributed by atoms with Crippen molar-refractivity contribution in [1.82, 2.24) is 9.97 Å². The van der Waals surface area contributed by atoms with E-state index in [9.17, 15) is 5.11 Å². The van der Waals surface area contributed by atoms with Gasteiger partial charge in [0, 0.05) is 19.0 Å². The second-order valence-electron chi connectivity index (χ2n) is 6.21. The zero-order chi connectivity index (χ0) is 14.3. The molecule has 1 aromatic heterocycles. The highest BCUT2D eigenvalue weighted by atomic mass is 35.5. The molecule has 0 amide bonds. The fourth-order valence-electron chi connectivity index (χ4n) is 3.91. The fourth-order valence-corrected chi connectivity index (χ4v) is 4.12. The zero-order valence-corrected chi connectivity index (χ0v) is 12.9. The first-order valence-electron chi connectivity index (χ1n) is 7.50. The second-order valence-corrected chi connectivity index (χ2v) is 6.62. The maximum Gasteiger partial charge on any atom is 0.151 e. The molecule has 4 nitrogen and oxygen atoms in total. The van der Waals surface area contributed by atoms with Crippen LogP contribution >= 0.6 is 11.6 Å². The van der Waals surface area contributed by atoms with Crippen LogP contribution in [0.15, 0.2) is 6.20 Å². The van der Waals surface area contributed by atoms with Crippen molar-refractivity contribution < 1.29 is 5.11 Å². The number of nitrogens with zero attached hydrogens (tertiary/aromatic N) is 3. The van der Waals surface area contributed by atoms with Gasteiger partial charge in [-0.1, -0.05) is 24.9 Å². The molecule has 20 heavy (non-hydrogen) atoms. The summed E-state index contributed by atoms with van der Waals surface area (Å²) in [5.74, 6) is 2.46. The molecule has 110 valence electrons. The van der Waals surface area contributed by atoms with E-state index in [0.29, 0.717) is 16.9 Å². The lowest BCUT2D eigenvalue weighted by Crippen LogP contribution is -2.44. The van der Waals surface area contributed by atoms with E-state index in [0.717, 1.165) is 44.0 Å². The second kappa shape index (κ2) is 5.15. The lowest BCUT2D eigenvalue weighted by molar-refractivity contribution is -0.0597. The highest BCUT2D eigenvalue weighted by molar-refractivity contribution is 6.32. The lowest BCUT2D eigenvalue weighted by Gasteiger charge is -2.40. The van der Waals surface area contributed by atoms with E-state index in [4.69, 9.17) is 11.6 Å². The summed E-state index contributed by atoms with van der Waals surface area (Å²) in [7, 11) is 0. The fraction of sp³-hybridized carbons (Fsp3) is 0.733. The van der Waals surface area contributed by atoms with Crippen molar-refractivity contribution in [3.8, 4) is 0 Å². The average Bonchev–Trinajstić information content (AvgIpc) is 2.87. The van der Waals surface area contributed by atoms with Gasteiger partial charge in [-0.2, -0.15) is 0 Å². The number of hydrogen-bond acceptors (Lipinski definition) is 4. The monoisotopic (exact) mass is 295 g/mol. The van der Waals surface area contributed by atoms with Gasteiger partial charge in [-0.3, -0.25) is 0 Å². The topological polar surface area (TPSA) is 49.2 Å². The Kier molecular flexibility index (Phi) is 3.63. The number of anilines is 1. The third-order valence-corrected chi connectivity index (χ3v) is 5.34. The molecule has 1 N–H and O–H groups in total. The molecule has 2 aliphatic rings. The Hall–Kier alpha value is -0.870. The molecule has 0 unspecified atom stereocenters. The molecule has 3 atom stereocenters. The Morgan fingerprint density at radius 1 is 1.50 bits per heavy atom. The van der Waals surface area contributed by atoms with Crippen molar-refractivity contribution in [3.63, 3.8) is 0 Å². The molecule has 1 aliphatic heterocycles. The van der Waals surface area contributed by atoms with Gasteiger partial charge in [0.15, 0.2) is 5.82 Å². The standard InChI is InChI=1S/C15H22ClN3O/c1-3-15(20)6-4-5-11-8-19(9-12(11)15)14-13(16)7-17-10(2)18-14/h7,11-12,20H,3-6,8-9H2,1-2H3/t11-,12+,15-/m0/s1. The normalized spacial score (nSPS) is 33.3. The van der Waals surface area contributed by atoms with Crippen LogP contribution in [0.5, 0.6) is 0 Å². The molecule has 1 aromatic rings. The van der Waals surface area contributed by atoms with Crippen molar-refractivity contribution >= 4 is 17.4 Å². The van der Waals surface area contributed by atoms with Gasteiger partial charge in [0.2, 0.25) is 0 Å². The van der Waals surface area contributed by atoms with Gasteiger partial charge in [0.05, 0.1) is 11.8 Å². The lowest BCUT2D eigenvalue weighted by atomic mass is 9.69. The van der Waals surface area contributed by atoms with Crippen LogP contribution in [-0.2, 0) is 0 Å². The quantitative estimate of drug-likeness (QED) is 0.911. The Labute approximate surface area is 125 Å². The molecule has 1 aliphatic carbocycles. The van der Waals surface area contributed by atoms with Crippen molar-refractivity contribution in [3.05, 3.63) is 17.0 Å². The Morgan fingerprint density at radius 3 is 3.05 bits per heavy atom. The van der Waals surface area contributed by atoms with Crippen LogP contribution in [0.3, 0.4) is 0 Å². The van der Waals surface area contributed by atoms with Crippen LogP contribution in [0.25, 0.3) is 0 Å². The summed E-state index contributed by atoms with van der Waals surface area (Å²) in [6.07, 6.45) is 5.75. The van der Waals surface area contributed by atoms with E-state index in [-0.39, 0.29) is 0 Å². The predicted octanol–water partition coefficient (Wildman–Crippen LogP) is 2.82. The van der Waals surface area contributed by atoms with Gasteiger partial charge in [0.1, 0.15) is 10.8 Å². The summed E-state index contributed by atoms with van der Waals surface area (Å²) in [6, 6.07) is 0. The first-order valence-corrected chi connectivity index (χ1v) is 7.88. The van der Waals surface area contributed by atoms with E-state index in [1.807, 2.05) is 6.92 Å². The molecule has 1 saturated carbocycles. The average molecular weight is 296 g/mol. The predicted molar refractivity (Wildman–Crippen MR) is 80.1 cm³/mol. The maximum atomic E-state index is 10.8. The van der Waals surface area contributed by atoms with Gasteiger partial charge < -0.3 is 10.0 Å². The molecule has 3 rings (SSSR count). The minimum Gasteiger partial charge on any atom is -0.390 e. The van der Waals surface area contributed by atoms with E-state index in [1.165, 1.54) is 6.42 Å². The number of hydrogen-bond donors (Lipinski definition) is 1. The van der Waals surface area contributed by atoms with Crippen molar-refractivity contribution in [1.29, 1.82) is 0 Å². The summed E-state index contributed by atoms with van der Waals surface area (Å²) in [5.41, 5.74) is -0.508. The van der Waals surface area contributed by atoms with Crippen LogP contribution in [-0.4, -0.2) is 33.8 Å². The van der Waals surface area contributed by atoms with E-state index >= 15 is 0 Å². The number of halogens is 1. The smallest absolute Gasteiger partial charge is 0.151 e. The number of aromatic nitrogens is 2. The van der Waals surface area contributed by atoms with Crippen molar-refractivity contribution in [2.75, 3.05) is 18.0 Å². The Balaban J connectivity index is 1.87. The maximum absolute atomic E-state index is 10.8. The molecule has 5 heteroatoms. The zero-order valence-electron chi connectivity index (χ0n) is 12.1. The van der Waals surface area contributed by atoms with Gasteiger partial charge in [-0.05, 0) is 32.1 Å². The van der Waals surface area contributed by atoms with Gasteiger partial charge in [-0.15, -0.1) is 0 Å². The molecule has 0 radical (unpaired) electrons. The molecular weight excluding hydrogens is 274 g/mol. The Bertz CT molecular complexity index is 510. The first kappa shape index (κ1) is 14.1. The highest BCUT2D eigenvalue weighted by Crippen LogP contribution is 2.45. The molecule has 0 aromatic carbocycles. The molecule has 0 spiro atoms. The summed E-state index contributed by atoms with van der Waals surface area (Å²) < 4.78 is 0. The summed E-state index contributed by atoms with van der Waals surface area (Å²) in [6.45, 7) is 5.77. The van der Waals surface area contributed by atoms with Crippen molar-refractivity contribution in [2.24, 2.45) is 11.8 Å². The molecule has 1 saturated heterocycles. The summed E-state index contributed by atoms with van der Waals surface area (Å²) >= 11 is 6.25. The largest absolute Gasteiger partial charge is 0.390 e. The van der Waals surface area contributed by atoms with Crippen LogP contribution in [0, 0.1) is 18.8 Å². The highest BCUT2D eigenvalue weighted by Gasteiger charge is 2.48. The van der Waals surface area contributed by atoms with Crippen LogP contribution in [0.4, 0.5) is 5.82 Å². The molecular formula is C15H22ClN3O. The summed E-state index contributed by atoms with van der Waals surface area (Å²) in [5, 5.41) is 11.5. The number of rotatable bonds is 2. The third kappa shape index (κ3) is 2.29. The molecule has 0 bridgehead atoms. The van der Waals surface area contributed by atoms with Gasteiger partial charge in [-0.25, -0.2) is 9.97 Å². The third-order valence-electron chi connectivity index (χ3n) is 5.07. The molecule has 2 heterocycles. The van der Waals surface area contributed by atoms with Crippen LogP contribution < -0.4 is 4.90 Å². The summed E-state index contributed by atoms with van der Waals surface area (Å²) in [4.78, 5) is 10.8. The SMILES string of the molecule is CC[C@]1(O)CCC[C@H]2CN(c3nc(C)ncc3Cl)C[C@H]21. The molecule has 2 fully saturated rings. The van der Waals surface area contributed by atoms with Crippen molar-refractivity contribution in [2.45, 2.75) is 45.1 Å².